The van der Waals surface area contributed by atoms with Crippen molar-refractivity contribution in [2.45, 2.75) is 20.0 Å². The van der Waals surface area contributed by atoms with Crippen LogP contribution in [0.3, 0.4) is 0 Å². The van der Waals surface area contributed by atoms with Crippen LogP contribution >= 0.6 is 28.3 Å². The number of nitrogens with zero attached hydrogens (tertiary/aromatic N) is 6. The first-order chi connectivity index (χ1) is 14.0. The lowest BCUT2D eigenvalue weighted by Gasteiger charge is -2.09. The SMILES string of the molecule is COc1cccn(Cc2nc3n(n2)Cc2c(C)ncn2-c2ccc(Br)cc2-3)c1=O.Cl. The topological polar surface area (TPSA) is 79.8 Å². The van der Waals surface area contributed by atoms with Gasteiger partial charge in [0.2, 0.25) is 0 Å². The highest BCUT2D eigenvalue weighted by Gasteiger charge is 2.24. The molecule has 1 aromatic carbocycles. The number of imidazole rings is 1. The minimum Gasteiger partial charge on any atom is -0.491 e. The summed E-state index contributed by atoms with van der Waals surface area (Å²) in [5.41, 5.74) is 3.75. The van der Waals surface area contributed by atoms with E-state index in [0.717, 1.165) is 32.9 Å². The van der Waals surface area contributed by atoms with Crippen LogP contribution in [0.25, 0.3) is 17.1 Å². The average Bonchev–Trinajstić information content (AvgIpc) is 3.24. The van der Waals surface area contributed by atoms with Gasteiger partial charge in [-0.2, -0.15) is 5.10 Å². The first-order valence-corrected chi connectivity index (χ1v) is 9.84. The zero-order chi connectivity index (χ0) is 20.1. The Morgan fingerprint density at radius 2 is 2.10 bits per heavy atom. The van der Waals surface area contributed by atoms with Gasteiger partial charge >= 0.3 is 0 Å². The second kappa shape index (κ2) is 7.73. The summed E-state index contributed by atoms with van der Waals surface area (Å²) in [4.78, 5) is 21.7. The predicted octanol–water partition coefficient (Wildman–Crippen LogP) is 3.20. The second-order valence-electron chi connectivity index (χ2n) is 6.83. The van der Waals surface area contributed by atoms with Gasteiger partial charge in [-0.05, 0) is 37.3 Å². The highest BCUT2D eigenvalue weighted by Crippen LogP contribution is 2.33. The molecule has 0 saturated heterocycles. The van der Waals surface area contributed by atoms with Gasteiger partial charge in [0.25, 0.3) is 5.56 Å². The predicted molar refractivity (Wildman–Crippen MR) is 118 cm³/mol. The standard InChI is InChI=1S/C20H17BrN6O2.ClH/c1-12-16-9-27-19(14-8-13(21)5-6-15(14)26(16)11-22-12)23-18(24-27)10-25-7-3-4-17(29-2)20(25)28;/h3-8,11H,9-10H2,1-2H3;1H. The van der Waals surface area contributed by atoms with Crippen LogP contribution < -0.4 is 10.3 Å². The summed E-state index contributed by atoms with van der Waals surface area (Å²) < 4.78 is 11.6. The van der Waals surface area contributed by atoms with E-state index in [1.165, 1.54) is 7.11 Å². The fourth-order valence-corrected chi connectivity index (χ4v) is 3.97. The lowest BCUT2D eigenvalue weighted by atomic mass is 10.1. The summed E-state index contributed by atoms with van der Waals surface area (Å²) in [7, 11) is 1.48. The summed E-state index contributed by atoms with van der Waals surface area (Å²) in [6, 6.07) is 9.49. The lowest BCUT2D eigenvalue weighted by Crippen LogP contribution is -2.21. The number of rotatable bonds is 3. The van der Waals surface area contributed by atoms with E-state index in [1.54, 1.807) is 22.9 Å². The number of methoxy groups -OCH3 is 1. The molecule has 0 unspecified atom stereocenters. The van der Waals surface area contributed by atoms with Gasteiger partial charge < -0.3 is 13.9 Å². The maximum absolute atomic E-state index is 12.5. The largest absolute Gasteiger partial charge is 0.491 e. The molecule has 0 aliphatic carbocycles. The Bertz CT molecular complexity index is 1310. The summed E-state index contributed by atoms with van der Waals surface area (Å²) in [5.74, 6) is 1.62. The number of hydrogen-bond acceptors (Lipinski definition) is 5. The van der Waals surface area contributed by atoms with Crippen LogP contribution in [0.15, 0.2) is 52.1 Å². The van der Waals surface area contributed by atoms with Crippen LogP contribution in [-0.4, -0.2) is 36.0 Å². The fourth-order valence-electron chi connectivity index (χ4n) is 3.61. The number of fused-ring (bicyclic) bond motifs is 5. The van der Waals surface area contributed by atoms with Crippen molar-refractivity contribution in [1.82, 2.24) is 28.9 Å². The van der Waals surface area contributed by atoms with Crippen molar-refractivity contribution in [1.29, 1.82) is 0 Å². The molecule has 1 aliphatic heterocycles. The minimum atomic E-state index is -0.211. The first-order valence-electron chi connectivity index (χ1n) is 9.05. The Hall–Kier alpha value is -2.91. The molecular weight excluding hydrogens is 472 g/mol. The highest BCUT2D eigenvalue weighted by molar-refractivity contribution is 9.10. The van der Waals surface area contributed by atoms with E-state index in [9.17, 15) is 4.79 Å². The third-order valence-electron chi connectivity index (χ3n) is 5.07. The number of aryl methyl sites for hydroxylation is 1. The molecular formula is C20H18BrClN6O2. The van der Waals surface area contributed by atoms with E-state index in [-0.39, 0.29) is 24.5 Å². The summed E-state index contributed by atoms with van der Waals surface area (Å²) in [6.45, 7) is 2.80. The molecule has 0 radical (unpaired) electrons. The van der Waals surface area contributed by atoms with Crippen molar-refractivity contribution in [3.8, 4) is 22.8 Å². The van der Waals surface area contributed by atoms with Crippen LogP contribution in [-0.2, 0) is 13.1 Å². The molecule has 30 heavy (non-hydrogen) atoms. The normalized spacial score (nSPS) is 11.7. The second-order valence-corrected chi connectivity index (χ2v) is 7.74. The third-order valence-corrected chi connectivity index (χ3v) is 5.56. The van der Waals surface area contributed by atoms with Crippen molar-refractivity contribution in [3.05, 3.63) is 74.9 Å². The molecule has 0 bridgehead atoms. The van der Waals surface area contributed by atoms with Gasteiger partial charge in [-0.1, -0.05) is 15.9 Å². The van der Waals surface area contributed by atoms with E-state index in [0.29, 0.717) is 18.1 Å². The van der Waals surface area contributed by atoms with Gasteiger partial charge in [-0.15, -0.1) is 12.4 Å². The maximum atomic E-state index is 12.5. The molecule has 0 amide bonds. The van der Waals surface area contributed by atoms with Gasteiger partial charge in [0, 0.05) is 16.2 Å². The van der Waals surface area contributed by atoms with Crippen LogP contribution in [0.2, 0.25) is 0 Å². The van der Waals surface area contributed by atoms with Crippen LogP contribution in [0, 0.1) is 6.92 Å². The van der Waals surface area contributed by atoms with Crippen molar-refractivity contribution in [2.24, 2.45) is 0 Å². The van der Waals surface area contributed by atoms with Gasteiger partial charge in [-0.3, -0.25) is 4.79 Å². The maximum Gasteiger partial charge on any atom is 0.293 e. The molecule has 4 aromatic rings. The average molecular weight is 490 g/mol. The van der Waals surface area contributed by atoms with E-state index in [1.807, 2.05) is 36.1 Å². The van der Waals surface area contributed by atoms with Gasteiger partial charge in [0.15, 0.2) is 17.4 Å². The van der Waals surface area contributed by atoms with Gasteiger partial charge in [-0.25, -0.2) is 14.6 Å². The summed E-state index contributed by atoms with van der Waals surface area (Å²) >= 11 is 3.56. The van der Waals surface area contributed by atoms with Crippen molar-refractivity contribution in [3.63, 3.8) is 0 Å². The summed E-state index contributed by atoms with van der Waals surface area (Å²) in [6.07, 6.45) is 3.54. The number of pyridine rings is 1. The highest BCUT2D eigenvalue weighted by atomic mass is 79.9. The fraction of sp³-hybridized carbons (Fsp3) is 0.200. The molecule has 3 aromatic heterocycles. The van der Waals surface area contributed by atoms with E-state index in [4.69, 9.17) is 14.8 Å². The minimum absolute atomic E-state index is 0. The van der Waals surface area contributed by atoms with E-state index < -0.39 is 0 Å². The first kappa shape index (κ1) is 20.4. The van der Waals surface area contributed by atoms with Crippen molar-refractivity contribution < 1.29 is 4.74 Å². The molecule has 0 N–H and O–H groups in total. The molecule has 5 rings (SSSR count). The van der Waals surface area contributed by atoms with Gasteiger partial charge in [0.1, 0.15) is 0 Å². The number of halogens is 2. The molecule has 4 heterocycles. The molecule has 0 fully saturated rings. The molecule has 154 valence electrons. The molecule has 10 heteroatoms. The van der Waals surface area contributed by atoms with E-state index >= 15 is 0 Å². The zero-order valence-electron chi connectivity index (χ0n) is 16.2. The zero-order valence-corrected chi connectivity index (χ0v) is 18.6. The molecule has 0 saturated carbocycles. The van der Waals surface area contributed by atoms with Gasteiger partial charge in [0.05, 0.1) is 43.6 Å². The monoisotopic (exact) mass is 488 g/mol. The lowest BCUT2D eigenvalue weighted by molar-refractivity contribution is 0.403. The summed E-state index contributed by atoms with van der Waals surface area (Å²) in [5, 5.41) is 4.70. The Labute approximate surface area is 186 Å². The Kier molecular flexibility index (Phi) is 5.25. The molecule has 0 atom stereocenters. The van der Waals surface area contributed by atoms with Crippen molar-refractivity contribution >= 4 is 28.3 Å². The smallest absolute Gasteiger partial charge is 0.293 e. The number of benzene rings is 1. The Balaban J connectivity index is 0.00000218. The van der Waals surface area contributed by atoms with Crippen LogP contribution in [0.1, 0.15) is 17.2 Å². The number of aromatic nitrogens is 6. The Morgan fingerprint density at radius 1 is 1.27 bits per heavy atom. The van der Waals surface area contributed by atoms with Crippen LogP contribution in [0.5, 0.6) is 5.75 Å². The molecule has 8 nitrogen and oxygen atoms in total. The van der Waals surface area contributed by atoms with Crippen LogP contribution in [0.4, 0.5) is 0 Å². The number of ether oxygens (including phenoxy) is 1. The Morgan fingerprint density at radius 3 is 2.90 bits per heavy atom. The third kappa shape index (κ3) is 3.23. The number of hydrogen-bond donors (Lipinski definition) is 0. The molecule has 0 spiro atoms. The molecule has 1 aliphatic rings. The van der Waals surface area contributed by atoms with E-state index in [2.05, 4.69) is 25.5 Å². The quantitative estimate of drug-likeness (QED) is 0.389. The van der Waals surface area contributed by atoms with Crippen molar-refractivity contribution in [2.75, 3.05) is 7.11 Å².